The molecular formula is C14H23N3O2. The summed E-state index contributed by atoms with van der Waals surface area (Å²) in [5.41, 5.74) is 6.97. The van der Waals surface area contributed by atoms with Gasteiger partial charge in [0.1, 0.15) is 0 Å². The number of aromatic nitrogens is 1. The molecule has 106 valence electrons. The highest BCUT2D eigenvalue weighted by molar-refractivity contribution is 5.41. The van der Waals surface area contributed by atoms with Gasteiger partial charge in [-0.25, -0.2) is 0 Å². The summed E-state index contributed by atoms with van der Waals surface area (Å²) < 4.78 is 6.68. The first-order valence-corrected chi connectivity index (χ1v) is 6.90. The molecule has 1 heterocycles. The monoisotopic (exact) mass is 265 g/mol. The molecule has 5 nitrogen and oxygen atoms in total. The first kappa shape index (κ1) is 14.1. The molecule has 1 aliphatic rings. The number of methoxy groups -OCH3 is 1. The Morgan fingerprint density at radius 1 is 1.47 bits per heavy atom. The minimum absolute atomic E-state index is 0.00273. The maximum absolute atomic E-state index is 11.7. The lowest BCUT2D eigenvalue weighted by Crippen LogP contribution is -2.35. The van der Waals surface area contributed by atoms with E-state index in [1.807, 2.05) is 12.3 Å². The first-order valence-electron chi connectivity index (χ1n) is 6.90. The van der Waals surface area contributed by atoms with Gasteiger partial charge in [0.2, 0.25) is 0 Å². The van der Waals surface area contributed by atoms with Gasteiger partial charge >= 0.3 is 0 Å². The second-order valence-electron chi connectivity index (χ2n) is 5.21. The smallest absolute Gasteiger partial charge is 0.250 e. The van der Waals surface area contributed by atoms with Crippen molar-refractivity contribution < 1.29 is 4.74 Å². The van der Waals surface area contributed by atoms with E-state index in [1.54, 1.807) is 17.7 Å². The van der Waals surface area contributed by atoms with Crippen molar-refractivity contribution in [3.05, 3.63) is 28.7 Å². The Hall–Kier alpha value is -1.33. The zero-order valence-electron chi connectivity index (χ0n) is 11.5. The van der Waals surface area contributed by atoms with Crippen LogP contribution in [-0.2, 0) is 11.3 Å². The SMILES string of the molecule is COCCn1cc(NC2CCCC(N)C2)ccc1=O. The van der Waals surface area contributed by atoms with Crippen LogP contribution in [0.25, 0.3) is 0 Å². The fourth-order valence-electron chi connectivity index (χ4n) is 2.58. The van der Waals surface area contributed by atoms with Crippen LogP contribution in [-0.4, -0.2) is 30.4 Å². The number of anilines is 1. The lowest BCUT2D eigenvalue weighted by Gasteiger charge is -2.28. The van der Waals surface area contributed by atoms with Gasteiger partial charge in [-0.05, 0) is 31.7 Å². The van der Waals surface area contributed by atoms with Gasteiger partial charge in [0, 0.05) is 38.0 Å². The lowest BCUT2D eigenvalue weighted by molar-refractivity contribution is 0.186. The highest BCUT2D eigenvalue weighted by Gasteiger charge is 2.18. The maximum atomic E-state index is 11.7. The summed E-state index contributed by atoms with van der Waals surface area (Å²) in [6, 6.07) is 4.15. The molecule has 2 rings (SSSR count). The van der Waals surface area contributed by atoms with E-state index in [0.717, 1.165) is 24.9 Å². The Morgan fingerprint density at radius 3 is 3.05 bits per heavy atom. The molecular weight excluding hydrogens is 242 g/mol. The lowest BCUT2D eigenvalue weighted by atomic mass is 9.91. The van der Waals surface area contributed by atoms with Gasteiger partial charge < -0.3 is 20.4 Å². The van der Waals surface area contributed by atoms with Crippen LogP contribution in [0, 0.1) is 0 Å². The van der Waals surface area contributed by atoms with Gasteiger partial charge in [-0.15, -0.1) is 0 Å². The average Bonchev–Trinajstić information content (AvgIpc) is 2.39. The third kappa shape index (κ3) is 4.08. The highest BCUT2D eigenvalue weighted by Crippen LogP contribution is 2.20. The van der Waals surface area contributed by atoms with E-state index >= 15 is 0 Å². The molecule has 0 bridgehead atoms. The van der Waals surface area contributed by atoms with Gasteiger partial charge in [0.15, 0.2) is 0 Å². The molecule has 5 heteroatoms. The van der Waals surface area contributed by atoms with Gasteiger partial charge in [0.25, 0.3) is 5.56 Å². The van der Waals surface area contributed by atoms with Crippen molar-refractivity contribution in [3.63, 3.8) is 0 Å². The predicted molar refractivity (Wildman–Crippen MR) is 76.4 cm³/mol. The highest BCUT2D eigenvalue weighted by atomic mass is 16.5. The van der Waals surface area contributed by atoms with Crippen molar-refractivity contribution >= 4 is 5.69 Å². The van der Waals surface area contributed by atoms with Gasteiger partial charge in [-0.3, -0.25) is 4.79 Å². The normalized spacial score (nSPS) is 23.3. The molecule has 0 aliphatic heterocycles. The standard InChI is InChI=1S/C14H23N3O2/c1-19-8-7-17-10-13(5-6-14(17)18)16-12-4-2-3-11(15)9-12/h5-6,10-12,16H,2-4,7-9,15H2,1H3. The Labute approximate surface area is 113 Å². The summed E-state index contributed by atoms with van der Waals surface area (Å²) in [7, 11) is 1.64. The van der Waals surface area contributed by atoms with Crippen molar-refractivity contribution in [3.8, 4) is 0 Å². The fourth-order valence-corrected chi connectivity index (χ4v) is 2.58. The topological polar surface area (TPSA) is 69.3 Å². The number of nitrogens with one attached hydrogen (secondary N) is 1. The third-order valence-electron chi connectivity index (χ3n) is 3.61. The Morgan fingerprint density at radius 2 is 2.32 bits per heavy atom. The Bertz CT molecular complexity index is 458. The van der Waals surface area contributed by atoms with E-state index in [1.165, 1.54) is 6.42 Å². The minimum atomic E-state index is 0.00273. The quantitative estimate of drug-likeness (QED) is 0.838. The molecule has 2 unspecified atom stereocenters. The van der Waals surface area contributed by atoms with Crippen LogP contribution in [0.3, 0.4) is 0 Å². The van der Waals surface area contributed by atoms with Gasteiger partial charge in [-0.2, -0.15) is 0 Å². The molecule has 19 heavy (non-hydrogen) atoms. The van der Waals surface area contributed by atoms with Gasteiger partial charge in [-0.1, -0.05) is 0 Å². The maximum Gasteiger partial charge on any atom is 0.250 e. The molecule has 1 aromatic heterocycles. The molecule has 0 saturated heterocycles. The summed E-state index contributed by atoms with van der Waals surface area (Å²) in [5, 5.41) is 3.47. The number of hydrogen-bond donors (Lipinski definition) is 2. The molecule has 3 N–H and O–H groups in total. The average molecular weight is 265 g/mol. The van der Waals surface area contributed by atoms with E-state index in [9.17, 15) is 4.79 Å². The van der Waals surface area contributed by atoms with Crippen molar-refractivity contribution in [1.82, 2.24) is 4.57 Å². The van der Waals surface area contributed by atoms with Gasteiger partial charge in [0.05, 0.1) is 12.3 Å². The number of hydrogen-bond acceptors (Lipinski definition) is 4. The number of pyridine rings is 1. The van der Waals surface area contributed by atoms with E-state index < -0.39 is 0 Å². The molecule has 1 aromatic rings. The molecule has 0 radical (unpaired) electrons. The zero-order chi connectivity index (χ0) is 13.7. The van der Waals surface area contributed by atoms with Crippen molar-refractivity contribution in [2.24, 2.45) is 5.73 Å². The summed E-state index contributed by atoms with van der Waals surface area (Å²) in [5.74, 6) is 0. The minimum Gasteiger partial charge on any atom is -0.383 e. The largest absolute Gasteiger partial charge is 0.383 e. The molecule has 0 spiro atoms. The van der Waals surface area contributed by atoms with Crippen molar-refractivity contribution in [2.45, 2.75) is 44.3 Å². The van der Waals surface area contributed by atoms with Crippen LogP contribution in [0.2, 0.25) is 0 Å². The zero-order valence-corrected chi connectivity index (χ0v) is 11.5. The predicted octanol–water partition coefficient (Wildman–Crippen LogP) is 1.18. The fraction of sp³-hybridized carbons (Fsp3) is 0.643. The molecule has 2 atom stereocenters. The van der Waals surface area contributed by atoms with Crippen molar-refractivity contribution in [1.29, 1.82) is 0 Å². The summed E-state index contributed by atoms with van der Waals surface area (Å²) in [6.45, 7) is 1.12. The van der Waals surface area contributed by atoms with E-state index in [2.05, 4.69) is 5.32 Å². The van der Waals surface area contributed by atoms with E-state index in [-0.39, 0.29) is 5.56 Å². The molecule has 0 amide bonds. The van der Waals surface area contributed by atoms with Crippen LogP contribution < -0.4 is 16.6 Å². The Balaban J connectivity index is 2.01. The molecule has 0 aromatic carbocycles. The molecule has 1 aliphatic carbocycles. The number of ether oxygens (including phenoxy) is 1. The van der Waals surface area contributed by atoms with Crippen LogP contribution in [0.15, 0.2) is 23.1 Å². The van der Waals surface area contributed by atoms with E-state index in [0.29, 0.717) is 25.2 Å². The molecule has 1 fully saturated rings. The summed E-state index contributed by atoms with van der Waals surface area (Å²) >= 11 is 0. The third-order valence-corrected chi connectivity index (χ3v) is 3.61. The van der Waals surface area contributed by atoms with Crippen LogP contribution in [0.1, 0.15) is 25.7 Å². The van der Waals surface area contributed by atoms with Crippen LogP contribution >= 0.6 is 0 Å². The van der Waals surface area contributed by atoms with Crippen LogP contribution in [0.4, 0.5) is 5.69 Å². The number of nitrogens with two attached hydrogens (primary N) is 1. The Kier molecular flexibility index (Phi) is 4.99. The van der Waals surface area contributed by atoms with E-state index in [4.69, 9.17) is 10.5 Å². The second kappa shape index (κ2) is 6.73. The summed E-state index contributed by atoms with van der Waals surface area (Å²) in [4.78, 5) is 11.7. The first-order chi connectivity index (χ1) is 9.19. The molecule has 1 saturated carbocycles. The number of rotatable bonds is 5. The summed E-state index contributed by atoms with van der Waals surface area (Å²) in [6.07, 6.45) is 6.29. The van der Waals surface area contributed by atoms with Crippen molar-refractivity contribution in [2.75, 3.05) is 19.0 Å². The number of nitrogens with zero attached hydrogens (tertiary/aromatic N) is 1. The second-order valence-corrected chi connectivity index (χ2v) is 5.21. The van der Waals surface area contributed by atoms with Crippen LogP contribution in [0.5, 0.6) is 0 Å².